The van der Waals surface area contributed by atoms with Crippen LogP contribution < -0.4 is 0 Å². The Morgan fingerprint density at radius 1 is 1.07 bits per heavy atom. The number of allylic oxidation sites excluding steroid dienone is 2. The third kappa shape index (κ3) is 1.88. The summed E-state index contributed by atoms with van der Waals surface area (Å²) in [4.78, 5) is 0. The molecule has 1 saturated heterocycles. The van der Waals surface area contributed by atoms with Crippen LogP contribution in [0.5, 0.6) is 0 Å². The van der Waals surface area contributed by atoms with Gasteiger partial charge in [-0.2, -0.15) is 0 Å². The van der Waals surface area contributed by atoms with E-state index in [0.717, 1.165) is 18.4 Å². The van der Waals surface area contributed by atoms with Gasteiger partial charge in [0.25, 0.3) is 0 Å². The lowest BCUT2D eigenvalue weighted by Gasteiger charge is -2.43. The summed E-state index contributed by atoms with van der Waals surface area (Å²) in [6.07, 6.45) is 3.82. The normalized spacial score (nSPS) is 36.9. The van der Waals surface area contributed by atoms with E-state index in [1.54, 1.807) is 11.1 Å². The van der Waals surface area contributed by atoms with Crippen LogP contribution in [0.2, 0.25) is 0 Å². The third-order valence-corrected chi connectivity index (χ3v) is 3.97. The average molecular weight is 194 g/mol. The van der Waals surface area contributed by atoms with Gasteiger partial charge in [0.05, 0.1) is 12.2 Å². The van der Waals surface area contributed by atoms with E-state index in [2.05, 4.69) is 27.7 Å². The van der Waals surface area contributed by atoms with Crippen LogP contribution in [0, 0.1) is 11.8 Å². The van der Waals surface area contributed by atoms with Crippen molar-refractivity contribution in [1.82, 2.24) is 0 Å². The molecule has 1 aliphatic carbocycles. The van der Waals surface area contributed by atoms with E-state index in [4.69, 9.17) is 4.74 Å². The largest absolute Gasteiger partial charge is 0.375 e. The average Bonchev–Trinajstić information content (AvgIpc) is 2.07. The molecule has 0 radical (unpaired) electrons. The fourth-order valence-electron chi connectivity index (χ4n) is 2.93. The second-order valence-corrected chi connectivity index (χ2v) is 5.76. The molecule has 0 bridgehead atoms. The van der Waals surface area contributed by atoms with E-state index in [9.17, 15) is 0 Å². The molecular weight excluding hydrogens is 172 g/mol. The smallest absolute Gasteiger partial charge is 0.0629 e. The van der Waals surface area contributed by atoms with E-state index < -0.39 is 0 Å². The minimum absolute atomic E-state index is 0.118. The summed E-state index contributed by atoms with van der Waals surface area (Å²) in [5.74, 6) is 1.68. The number of hydrogen-bond acceptors (Lipinski definition) is 1. The van der Waals surface area contributed by atoms with Crippen LogP contribution in [-0.2, 0) is 4.74 Å². The monoisotopic (exact) mass is 194 g/mol. The standard InChI is InChI=1S/C13H22O/c1-9-5-11-7-13(3,4)14-8-12(11)6-10(9)2/h11-12H,5-8H2,1-4H3/t11-,12+/m0/s1. The van der Waals surface area contributed by atoms with Crippen molar-refractivity contribution in [2.24, 2.45) is 11.8 Å². The molecule has 80 valence electrons. The van der Waals surface area contributed by atoms with Gasteiger partial charge in [0.1, 0.15) is 0 Å². The van der Waals surface area contributed by atoms with Gasteiger partial charge in [0, 0.05) is 0 Å². The predicted octanol–water partition coefficient (Wildman–Crippen LogP) is 3.55. The van der Waals surface area contributed by atoms with Crippen LogP contribution in [0.4, 0.5) is 0 Å². The lowest BCUT2D eigenvalue weighted by molar-refractivity contribution is -0.104. The van der Waals surface area contributed by atoms with Gasteiger partial charge < -0.3 is 4.74 Å². The second kappa shape index (κ2) is 3.37. The van der Waals surface area contributed by atoms with Crippen LogP contribution in [0.25, 0.3) is 0 Å². The first-order valence-corrected chi connectivity index (χ1v) is 5.77. The van der Waals surface area contributed by atoms with E-state index in [1.165, 1.54) is 19.3 Å². The van der Waals surface area contributed by atoms with Gasteiger partial charge in [-0.05, 0) is 58.8 Å². The first-order chi connectivity index (χ1) is 6.48. The minimum atomic E-state index is 0.118. The van der Waals surface area contributed by atoms with Crippen molar-refractivity contribution >= 4 is 0 Å². The van der Waals surface area contributed by atoms with Gasteiger partial charge in [-0.15, -0.1) is 0 Å². The summed E-state index contributed by atoms with van der Waals surface area (Å²) in [5.41, 5.74) is 3.35. The predicted molar refractivity (Wildman–Crippen MR) is 59.2 cm³/mol. The molecule has 0 saturated carbocycles. The van der Waals surface area contributed by atoms with E-state index in [1.807, 2.05) is 0 Å². The molecule has 2 aliphatic rings. The highest BCUT2D eigenvalue weighted by Gasteiger charge is 2.37. The van der Waals surface area contributed by atoms with E-state index >= 15 is 0 Å². The molecule has 1 aliphatic heterocycles. The second-order valence-electron chi connectivity index (χ2n) is 5.76. The molecule has 0 aromatic rings. The van der Waals surface area contributed by atoms with Gasteiger partial charge >= 0.3 is 0 Å². The highest BCUT2D eigenvalue weighted by molar-refractivity contribution is 5.16. The molecule has 14 heavy (non-hydrogen) atoms. The molecule has 2 atom stereocenters. The van der Waals surface area contributed by atoms with Gasteiger partial charge in [0.15, 0.2) is 0 Å². The van der Waals surface area contributed by atoms with Crippen LogP contribution in [-0.4, -0.2) is 12.2 Å². The van der Waals surface area contributed by atoms with Crippen molar-refractivity contribution < 1.29 is 4.74 Å². The van der Waals surface area contributed by atoms with Crippen LogP contribution >= 0.6 is 0 Å². The number of fused-ring (bicyclic) bond motifs is 1. The van der Waals surface area contributed by atoms with Gasteiger partial charge in [-0.1, -0.05) is 11.1 Å². The molecule has 0 aromatic heterocycles. The maximum Gasteiger partial charge on any atom is 0.0629 e. The summed E-state index contributed by atoms with van der Waals surface area (Å²) >= 11 is 0. The summed E-state index contributed by atoms with van der Waals surface area (Å²) < 4.78 is 5.90. The quantitative estimate of drug-likeness (QED) is 0.536. The van der Waals surface area contributed by atoms with E-state index in [-0.39, 0.29) is 5.60 Å². The zero-order chi connectivity index (χ0) is 10.3. The Morgan fingerprint density at radius 3 is 2.29 bits per heavy atom. The Morgan fingerprint density at radius 2 is 1.64 bits per heavy atom. The molecule has 2 rings (SSSR count). The zero-order valence-electron chi connectivity index (χ0n) is 9.89. The molecule has 1 fully saturated rings. The molecule has 0 amide bonds. The Balaban J connectivity index is 2.12. The zero-order valence-corrected chi connectivity index (χ0v) is 9.89. The lowest BCUT2D eigenvalue weighted by atomic mass is 9.71. The van der Waals surface area contributed by atoms with Crippen LogP contribution in [0.15, 0.2) is 11.1 Å². The molecule has 0 N–H and O–H groups in total. The Hall–Kier alpha value is -0.300. The van der Waals surface area contributed by atoms with Crippen molar-refractivity contribution in [3.8, 4) is 0 Å². The minimum Gasteiger partial charge on any atom is -0.375 e. The van der Waals surface area contributed by atoms with Gasteiger partial charge in [-0.3, -0.25) is 0 Å². The van der Waals surface area contributed by atoms with Crippen molar-refractivity contribution in [2.75, 3.05) is 6.61 Å². The van der Waals surface area contributed by atoms with Gasteiger partial charge in [0.2, 0.25) is 0 Å². The topological polar surface area (TPSA) is 9.23 Å². The van der Waals surface area contributed by atoms with Crippen LogP contribution in [0.1, 0.15) is 47.0 Å². The fourth-order valence-corrected chi connectivity index (χ4v) is 2.93. The highest BCUT2D eigenvalue weighted by atomic mass is 16.5. The summed E-state index contributed by atoms with van der Waals surface area (Å²) in [6, 6.07) is 0. The Bertz CT molecular complexity index is 262. The molecule has 0 aromatic carbocycles. The molecule has 0 unspecified atom stereocenters. The van der Waals surface area contributed by atoms with Crippen molar-refractivity contribution in [2.45, 2.75) is 52.6 Å². The van der Waals surface area contributed by atoms with Crippen LogP contribution in [0.3, 0.4) is 0 Å². The lowest BCUT2D eigenvalue weighted by Crippen LogP contribution is -2.41. The summed E-state index contributed by atoms with van der Waals surface area (Å²) in [6.45, 7) is 10.0. The third-order valence-electron chi connectivity index (χ3n) is 3.97. The first-order valence-electron chi connectivity index (χ1n) is 5.77. The Kier molecular flexibility index (Phi) is 2.46. The Labute approximate surface area is 87.5 Å². The maximum atomic E-state index is 5.90. The molecular formula is C13H22O. The maximum absolute atomic E-state index is 5.90. The van der Waals surface area contributed by atoms with Crippen molar-refractivity contribution in [3.63, 3.8) is 0 Å². The van der Waals surface area contributed by atoms with E-state index in [0.29, 0.717) is 0 Å². The van der Waals surface area contributed by atoms with Crippen molar-refractivity contribution in [3.05, 3.63) is 11.1 Å². The molecule has 1 heteroatoms. The summed E-state index contributed by atoms with van der Waals surface area (Å²) in [5, 5.41) is 0. The first kappa shape index (κ1) is 10.2. The SMILES string of the molecule is CC1=C(C)C[C@H]2CC(C)(C)OC[C@H]2C1. The molecule has 1 nitrogen and oxygen atoms in total. The summed E-state index contributed by atoms with van der Waals surface area (Å²) in [7, 11) is 0. The molecule has 0 spiro atoms. The number of rotatable bonds is 0. The highest BCUT2D eigenvalue weighted by Crippen LogP contribution is 2.42. The molecule has 1 heterocycles. The fraction of sp³-hybridized carbons (Fsp3) is 0.846. The number of hydrogen-bond donors (Lipinski definition) is 0. The van der Waals surface area contributed by atoms with Gasteiger partial charge in [-0.25, -0.2) is 0 Å². The van der Waals surface area contributed by atoms with Crippen molar-refractivity contribution in [1.29, 1.82) is 0 Å². The number of ether oxygens (including phenoxy) is 1.